The highest BCUT2D eigenvalue weighted by Gasteiger charge is 2.07. The van der Waals surface area contributed by atoms with E-state index in [1.807, 2.05) is 30.3 Å². The van der Waals surface area contributed by atoms with Crippen LogP contribution in [0.25, 0.3) is 10.9 Å². The number of pyridine rings is 1. The lowest BCUT2D eigenvalue weighted by Crippen LogP contribution is -2.36. The van der Waals surface area contributed by atoms with Gasteiger partial charge in [-0.25, -0.2) is 0 Å². The first-order valence-electron chi connectivity index (χ1n) is 5.80. The van der Waals surface area contributed by atoms with E-state index in [0.717, 1.165) is 10.9 Å². The summed E-state index contributed by atoms with van der Waals surface area (Å²) in [7, 11) is 0. The minimum atomic E-state index is -0.407. The topological polar surface area (TPSA) is 85.4 Å². The van der Waals surface area contributed by atoms with Crippen LogP contribution in [0.1, 0.15) is 5.56 Å². The van der Waals surface area contributed by atoms with Gasteiger partial charge in [-0.1, -0.05) is 18.2 Å². The Morgan fingerprint density at radius 3 is 2.67 bits per heavy atom. The van der Waals surface area contributed by atoms with E-state index in [1.165, 1.54) is 0 Å². The van der Waals surface area contributed by atoms with E-state index in [4.69, 9.17) is 10.2 Å². The molecule has 0 atom stereocenters. The second kappa shape index (κ2) is 5.77. The zero-order valence-electron chi connectivity index (χ0n) is 9.89. The fourth-order valence-corrected chi connectivity index (χ4v) is 1.76. The van der Waals surface area contributed by atoms with Crippen LogP contribution in [0.15, 0.2) is 35.1 Å². The number of hydrogen-bond donors (Lipinski definition) is 4. The molecule has 96 valence electrons. The van der Waals surface area contributed by atoms with Crippen molar-refractivity contribution < 1.29 is 10.2 Å². The number of aliphatic hydroxyl groups is 2. The normalized spacial score (nSPS) is 11.3. The smallest absolute Gasteiger partial charge is 0.252 e. The maximum Gasteiger partial charge on any atom is 0.252 e. The van der Waals surface area contributed by atoms with Crippen molar-refractivity contribution in [2.75, 3.05) is 13.2 Å². The van der Waals surface area contributed by atoms with Crippen LogP contribution in [0.3, 0.4) is 0 Å². The molecular weight excluding hydrogens is 232 g/mol. The van der Waals surface area contributed by atoms with Crippen molar-refractivity contribution in [2.24, 2.45) is 0 Å². The predicted octanol–water partition coefficient (Wildman–Crippen LogP) is -0.0291. The van der Waals surface area contributed by atoms with E-state index in [0.29, 0.717) is 12.1 Å². The molecule has 0 radical (unpaired) electrons. The molecule has 0 amide bonds. The van der Waals surface area contributed by atoms with Gasteiger partial charge in [0.1, 0.15) is 0 Å². The highest BCUT2D eigenvalue weighted by Crippen LogP contribution is 2.09. The first-order valence-corrected chi connectivity index (χ1v) is 5.80. The molecule has 5 nitrogen and oxygen atoms in total. The molecule has 1 heterocycles. The summed E-state index contributed by atoms with van der Waals surface area (Å²) in [5, 5.41) is 21.8. The molecule has 0 aliphatic carbocycles. The van der Waals surface area contributed by atoms with Gasteiger partial charge in [0.15, 0.2) is 0 Å². The summed E-state index contributed by atoms with van der Waals surface area (Å²) in [6.07, 6.45) is 0. The third-order valence-electron chi connectivity index (χ3n) is 2.85. The number of benzene rings is 1. The van der Waals surface area contributed by atoms with Crippen LogP contribution in [0.2, 0.25) is 0 Å². The van der Waals surface area contributed by atoms with Gasteiger partial charge in [-0.3, -0.25) is 4.79 Å². The van der Waals surface area contributed by atoms with E-state index < -0.39 is 6.04 Å². The summed E-state index contributed by atoms with van der Waals surface area (Å²) < 4.78 is 0. The number of nitrogens with one attached hydrogen (secondary N) is 2. The van der Waals surface area contributed by atoms with E-state index in [1.54, 1.807) is 0 Å². The monoisotopic (exact) mass is 248 g/mol. The number of rotatable bonds is 5. The van der Waals surface area contributed by atoms with Crippen LogP contribution in [0.4, 0.5) is 0 Å². The second-order valence-corrected chi connectivity index (χ2v) is 4.15. The molecule has 1 aromatic heterocycles. The average molecular weight is 248 g/mol. The number of fused-ring (bicyclic) bond motifs is 1. The van der Waals surface area contributed by atoms with Gasteiger partial charge in [-0.15, -0.1) is 0 Å². The van der Waals surface area contributed by atoms with Crippen molar-refractivity contribution in [1.82, 2.24) is 10.3 Å². The Bertz CT molecular complexity index is 576. The second-order valence-electron chi connectivity index (χ2n) is 4.15. The average Bonchev–Trinajstić information content (AvgIpc) is 2.40. The number of aromatic nitrogens is 1. The fourth-order valence-electron chi connectivity index (χ4n) is 1.76. The summed E-state index contributed by atoms with van der Waals surface area (Å²) in [4.78, 5) is 14.6. The van der Waals surface area contributed by atoms with Crippen molar-refractivity contribution >= 4 is 10.9 Å². The number of para-hydroxylation sites is 1. The third-order valence-corrected chi connectivity index (χ3v) is 2.85. The zero-order chi connectivity index (χ0) is 13.0. The van der Waals surface area contributed by atoms with Gasteiger partial charge in [-0.2, -0.15) is 0 Å². The van der Waals surface area contributed by atoms with E-state index >= 15 is 0 Å². The Morgan fingerprint density at radius 1 is 1.22 bits per heavy atom. The molecule has 0 bridgehead atoms. The number of aromatic amines is 1. The summed E-state index contributed by atoms with van der Waals surface area (Å²) in [6.45, 7) is -0.0179. The molecule has 18 heavy (non-hydrogen) atoms. The Labute approximate surface area is 104 Å². The minimum absolute atomic E-state index is 0.157. The molecule has 1 aromatic carbocycles. The molecule has 4 N–H and O–H groups in total. The largest absolute Gasteiger partial charge is 0.395 e. The van der Waals surface area contributed by atoms with Crippen molar-refractivity contribution in [2.45, 2.75) is 12.6 Å². The SMILES string of the molecule is O=c1[nH]c2ccccc2cc1CNC(CO)CO. The Kier molecular flexibility index (Phi) is 4.09. The van der Waals surface area contributed by atoms with E-state index in [2.05, 4.69) is 10.3 Å². The number of aliphatic hydroxyl groups excluding tert-OH is 2. The molecular formula is C13H16N2O3. The lowest BCUT2D eigenvalue weighted by atomic mass is 10.1. The first kappa shape index (κ1) is 12.8. The molecule has 5 heteroatoms. The van der Waals surface area contributed by atoms with Crippen LogP contribution >= 0.6 is 0 Å². The molecule has 0 unspecified atom stereocenters. The molecule has 0 fully saturated rings. The molecule has 2 rings (SSSR count). The van der Waals surface area contributed by atoms with Gasteiger partial charge in [-0.05, 0) is 17.5 Å². The molecule has 0 spiro atoms. The van der Waals surface area contributed by atoms with Crippen molar-refractivity contribution in [1.29, 1.82) is 0 Å². The molecule has 0 aliphatic rings. The quantitative estimate of drug-likeness (QED) is 0.598. The maximum absolute atomic E-state index is 11.8. The fraction of sp³-hybridized carbons (Fsp3) is 0.308. The Morgan fingerprint density at radius 2 is 1.94 bits per heavy atom. The van der Waals surface area contributed by atoms with E-state index in [-0.39, 0.29) is 18.8 Å². The predicted molar refractivity (Wildman–Crippen MR) is 69.4 cm³/mol. The zero-order valence-corrected chi connectivity index (χ0v) is 9.89. The molecule has 0 aliphatic heterocycles. The summed E-state index contributed by atoms with van der Waals surface area (Å²) in [5.74, 6) is 0. The maximum atomic E-state index is 11.8. The Hall–Kier alpha value is -1.69. The summed E-state index contributed by atoms with van der Waals surface area (Å²) in [5.41, 5.74) is 1.23. The lowest BCUT2D eigenvalue weighted by molar-refractivity contribution is 0.170. The standard InChI is InChI=1S/C13H16N2O3/c16-7-11(8-17)14-6-10-5-9-3-1-2-4-12(9)15-13(10)18/h1-5,11,14,16-17H,6-8H2,(H,15,18). The van der Waals surface area contributed by atoms with Crippen LogP contribution in [-0.2, 0) is 6.54 Å². The summed E-state index contributed by atoms with van der Waals surface area (Å²) >= 11 is 0. The highest BCUT2D eigenvalue weighted by atomic mass is 16.3. The van der Waals surface area contributed by atoms with Crippen LogP contribution in [-0.4, -0.2) is 34.5 Å². The lowest BCUT2D eigenvalue weighted by Gasteiger charge is -2.12. The first-order chi connectivity index (χ1) is 8.74. The van der Waals surface area contributed by atoms with Crippen molar-refractivity contribution in [3.05, 3.63) is 46.2 Å². The van der Waals surface area contributed by atoms with Gasteiger partial charge < -0.3 is 20.5 Å². The summed E-state index contributed by atoms with van der Waals surface area (Å²) in [6, 6.07) is 8.94. The van der Waals surface area contributed by atoms with Crippen LogP contribution in [0.5, 0.6) is 0 Å². The van der Waals surface area contributed by atoms with Gasteiger partial charge >= 0.3 is 0 Å². The van der Waals surface area contributed by atoms with Crippen molar-refractivity contribution in [3.63, 3.8) is 0 Å². The van der Waals surface area contributed by atoms with Gasteiger partial charge in [0.05, 0.1) is 19.3 Å². The number of hydrogen-bond acceptors (Lipinski definition) is 4. The molecule has 2 aromatic rings. The molecule has 0 saturated heterocycles. The van der Waals surface area contributed by atoms with Crippen molar-refractivity contribution in [3.8, 4) is 0 Å². The minimum Gasteiger partial charge on any atom is -0.395 e. The van der Waals surface area contributed by atoms with Gasteiger partial charge in [0.25, 0.3) is 5.56 Å². The van der Waals surface area contributed by atoms with Crippen LogP contribution < -0.4 is 10.9 Å². The van der Waals surface area contributed by atoms with E-state index in [9.17, 15) is 4.79 Å². The number of H-pyrrole nitrogens is 1. The van der Waals surface area contributed by atoms with Gasteiger partial charge in [0, 0.05) is 17.6 Å². The van der Waals surface area contributed by atoms with Gasteiger partial charge in [0.2, 0.25) is 0 Å². The Balaban J connectivity index is 2.23. The third kappa shape index (κ3) is 2.76. The molecule has 0 saturated carbocycles. The van der Waals surface area contributed by atoms with Crippen LogP contribution in [0, 0.1) is 0 Å². The highest BCUT2D eigenvalue weighted by molar-refractivity contribution is 5.78.